The number of hydrogen-bond donors (Lipinski definition) is 3. The third-order valence-electron chi connectivity index (χ3n) is 2.18. The number of hydrogen-bond acceptors (Lipinski definition) is 3. The normalized spacial score (nSPS) is 10.1. The average Bonchev–Trinajstić information content (AvgIpc) is 2.66. The van der Waals surface area contributed by atoms with Gasteiger partial charge in [-0.25, -0.2) is 0 Å². The van der Waals surface area contributed by atoms with E-state index in [4.69, 9.17) is 18.0 Å². The lowest BCUT2D eigenvalue weighted by atomic mass is 10.2. The Kier molecular flexibility index (Phi) is 4.91. The molecule has 0 unspecified atom stereocenters. The zero-order chi connectivity index (χ0) is 12.0. The quantitative estimate of drug-likeness (QED) is 0.520. The number of H-pyrrole nitrogens is 1. The lowest BCUT2D eigenvalue weighted by Crippen LogP contribution is -2.16. The highest BCUT2D eigenvalue weighted by molar-refractivity contribution is 7.80. The van der Waals surface area contributed by atoms with E-state index in [0.29, 0.717) is 17.8 Å². The van der Waals surface area contributed by atoms with Crippen LogP contribution in [0.1, 0.15) is 38.2 Å². The van der Waals surface area contributed by atoms with Gasteiger partial charge in [-0.1, -0.05) is 32.0 Å². The predicted octanol–water partition coefficient (Wildman–Crippen LogP) is 1.56. The molecule has 0 aliphatic heterocycles. The van der Waals surface area contributed by atoms with Crippen LogP contribution in [0.15, 0.2) is 6.20 Å². The number of carbonyl (C=O) groups excluding carboxylic acids is 1. The second kappa shape index (κ2) is 6.22. The summed E-state index contributed by atoms with van der Waals surface area (Å²) in [5, 5.41) is 9.15. The van der Waals surface area contributed by atoms with E-state index in [1.54, 1.807) is 0 Å². The van der Waals surface area contributed by atoms with Gasteiger partial charge in [-0.15, -0.1) is 0 Å². The van der Waals surface area contributed by atoms with Crippen molar-refractivity contribution < 1.29 is 4.79 Å². The number of nitrogens with two attached hydrogens (primary N) is 1. The lowest BCUT2D eigenvalue weighted by molar-refractivity contribution is -0.116. The molecule has 16 heavy (non-hydrogen) atoms. The van der Waals surface area contributed by atoms with Gasteiger partial charge < -0.3 is 11.1 Å². The maximum Gasteiger partial charge on any atom is 0.225 e. The standard InChI is InChI=1S/C10H16N4OS/c1-2-3-4-5-8(15)13-10-7(9(11)16)6-12-14-10/h6H,2-5H2,1H3,(H2,11,16)(H2,12,13,14,15). The molecule has 1 amide bonds. The highest BCUT2D eigenvalue weighted by Gasteiger charge is 2.10. The van der Waals surface area contributed by atoms with Gasteiger partial charge in [0.15, 0.2) is 0 Å². The summed E-state index contributed by atoms with van der Waals surface area (Å²) in [5.74, 6) is 0.434. The Hall–Kier alpha value is -1.43. The molecule has 0 atom stereocenters. The average molecular weight is 240 g/mol. The molecule has 1 aromatic heterocycles. The highest BCUT2D eigenvalue weighted by atomic mass is 32.1. The van der Waals surface area contributed by atoms with Gasteiger partial charge in [-0.2, -0.15) is 5.10 Å². The summed E-state index contributed by atoms with van der Waals surface area (Å²) in [5.41, 5.74) is 6.04. The van der Waals surface area contributed by atoms with E-state index in [0.717, 1.165) is 19.3 Å². The van der Waals surface area contributed by atoms with E-state index in [1.807, 2.05) is 0 Å². The Bertz CT molecular complexity index is 375. The lowest BCUT2D eigenvalue weighted by Gasteiger charge is -2.04. The van der Waals surface area contributed by atoms with Crippen molar-refractivity contribution in [2.45, 2.75) is 32.6 Å². The largest absolute Gasteiger partial charge is 0.389 e. The number of nitrogens with zero attached hydrogens (tertiary/aromatic N) is 1. The molecule has 0 saturated carbocycles. The van der Waals surface area contributed by atoms with Crippen LogP contribution in [-0.4, -0.2) is 21.1 Å². The van der Waals surface area contributed by atoms with E-state index >= 15 is 0 Å². The van der Waals surface area contributed by atoms with Gasteiger partial charge in [0.1, 0.15) is 10.8 Å². The van der Waals surface area contributed by atoms with Gasteiger partial charge >= 0.3 is 0 Å². The van der Waals surface area contributed by atoms with Crippen molar-refractivity contribution in [1.82, 2.24) is 10.2 Å². The Morgan fingerprint density at radius 2 is 2.38 bits per heavy atom. The van der Waals surface area contributed by atoms with Gasteiger partial charge in [-0.3, -0.25) is 9.89 Å². The van der Waals surface area contributed by atoms with Crippen molar-refractivity contribution in [2.24, 2.45) is 5.73 Å². The molecule has 0 spiro atoms. The van der Waals surface area contributed by atoms with Gasteiger partial charge in [0.05, 0.1) is 11.8 Å². The fourth-order valence-corrected chi connectivity index (χ4v) is 1.46. The molecule has 88 valence electrons. The van der Waals surface area contributed by atoms with Crippen LogP contribution in [0.5, 0.6) is 0 Å². The van der Waals surface area contributed by atoms with Crippen LogP contribution in [0.4, 0.5) is 5.82 Å². The number of nitrogens with one attached hydrogen (secondary N) is 2. The van der Waals surface area contributed by atoms with Crippen molar-refractivity contribution in [1.29, 1.82) is 0 Å². The second-order valence-electron chi connectivity index (χ2n) is 3.53. The van der Waals surface area contributed by atoms with Crippen molar-refractivity contribution in [3.8, 4) is 0 Å². The molecule has 0 radical (unpaired) electrons. The first kappa shape index (κ1) is 12.6. The topological polar surface area (TPSA) is 83.8 Å². The molecular weight excluding hydrogens is 224 g/mol. The van der Waals surface area contributed by atoms with Crippen LogP contribution >= 0.6 is 12.2 Å². The number of thiocarbonyl (C=S) groups is 1. The summed E-state index contributed by atoms with van der Waals surface area (Å²) in [4.78, 5) is 11.7. The molecule has 5 nitrogen and oxygen atoms in total. The first-order chi connectivity index (χ1) is 7.65. The Morgan fingerprint density at radius 3 is 3.00 bits per heavy atom. The molecule has 0 aromatic carbocycles. The maximum atomic E-state index is 11.5. The molecule has 6 heteroatoms. The fourth-order valence-electron chi connectivity index (χ4n) is 1.31. The van der Waals surface area contributed by atoms with E-state index in [9.17, 15) is 4.79 Å². The molecule has 0 aliphatic carbocycles. The zero-order valence-corrected chi connectivity index (χ0v) is 10.1. The minimum absolute atomic E-state index is 0.0461. The minimum Gasteiger partial charge on any atom is -0.389 e. The molecule has 0 bridgehead atoms. The molecule has 1 rings (SSSR count). The SMILES string of the molecule is CCCCCC(=O)Nc1[nH]ncc1C(N)=S. The minimum atomic E-state index is -0.0461. The van der Waals surface area contributed by atoms with E-state index < -0.39 is 0 Å². The number of amides is 1. The van der Waals surface area contributed by atoms with Gasteiger partial charge in [0, 0.05) is 6.42 Å². The molecule has 1 heterocycles. The number of carbonyl (C=O) groups is 1. The predicted molar refractivity (Wildman–Crippen MR) is 67.2 cm³/mol. The maximum absolute atomic E-state index is 11.5. The summed E-state index contributed by atoms with van der Waals surface area (Å²) in [6.45, 7) is 2.10. The summed E-state index contributed by atoms with van der Waals surface area (Å²) >= 11 is 4.83. The van der Waals surface area contributed by atoms with E-state index in [-0.39, 0.29) is 10.9 Å². The number of unbranched alkanes of at least 4 members (excludes halogenated alkanes) is 2. The number of rotatable bonds is 6. The fraction of sp³-hybridized carbons (Fsp3) is 0.500. The van der Waals surface area contributed by atoms with Crippen molar-refractivity contribution in [3.63, 3.8) is 0 Å². The van der Waals surface area contributed by atoms with Gasteiger partial charge in [-0.05, 0) is 6.42 Å². The van der Waals surface area contributed by atoms with Crippen LogP contribution in [-0.2, 0) is 4.79 Å². The summed E-state index contributed by atoms with van der Waals surface area (Å²) in [7, 11) is 0. The monoisotopic (exact) mass is 240 g/mol. The third-order valence-corrected chi connectivity index (χ3v) is 2.40. The Morgan fingerprint density at radius 1 is 1.62 bits per heavy atom. The van der Waals surface area contributed by atoms with Gasteiger partial charge in [0.2, 0.25) is 5.91 Å². The Balaban J connectivity index is 2.49. The smallest absolute Gasteiger partial charge is 0.225 e. The number of aromatic nitrogens is 2. The first-order valence-electron chi connectivity index (χ1n) is 5.28. The van der Waals surface area contributed by atoms with Crippen LogP contribution in [0.25, 0.3) is 0 Å². The van der Waals surface area contributed by atoms with E-state index in [1.165, 1.54) is 6.20 Å². The molecule has 4 N–H and O–H groups in total. The first-order valence-corrected chi connectivity index (χ1v) is 5.69. The van der Waals surface area contributed by atoms with Crippen molar-refractivity contribution in [3.05, 3.63) is 11.8 Å². The van der Waals surface area contributed by atoms with Crippen LogP contribution < -0.4 is 11.1 Å². The van der Waals surface area contributed by atoms with E-state index in [2.05, 4.69) is 22.4 Å². The summed E-state index contributed by atoms with van der Waals surface area (Å²) in [6.07, 6.45) is 5.04. The van der Waals surface area contributed by atoms with Gasteiger partial charge in [0.25, 0.3) is 0 Å². The molecule has 0 fully saturated rings. The highest BCUT2D eigenvalue weighted by Crippen LogP contribution is 2.11. The second-order valence-corrected chi connectivity index (χ2v) is 3.97. The number of aromatic amines is 1. The summed E-state index contributed by atoms with van der Waals surface area (Å²) < 4.78 is 0. The number of anilines is 1. The molecule has 0 aliphatic rings. The Labute approximate surface area is 99.8 Å². The molecule has 0 saturated heterocycles. The zero-order valence-electron chi connectivity index (χ0n) is 9.25. The molecular formula is C10H16N4OS. The molecule has 1 aromatic rings. The van der Waals surface area contributed by atoms with Crippen LogP contribution in [0.3, 0.4) is 0 Å². The third kappa shape index (κ3) is 3.62. The summed E-state index contributed by atoms with van der Waals surface area (Å²) in [6, 6.07) is 0. The van der Waals surface area contributed by atoms with Crippen molar-refractivity contribution in [2.75, 3.05) is 5.32 Å². The van der Waals surface area contributed by atoms with Crippen molar-refractivity contribution >= 4 is 28.9 Å². The van der Waals surface area contributed by atoms with Crippen LogP contribution in [0, 0.1) is 0 Å². The van der Waals surface area contributed by atoms with Crippen LogP contribution in [0.2, 0.25) is 0 Å².